The van der Waals surface area contributed by atoms with Crippen molar-refractivity contribution in [2.45, 2.75) is 26.2 Å². The van der Waals surface area contributed by atoms with Crippen LogP contribution in [0.25, 0.3) is 0 Å². The number of hydrogen-bond donors (Lipinski definition) is 1. The van der Waals surface area contributed by atoms with E-state index in [2.05, 4.69) is 39.5 Å². The van der Waals surface area contributed by atoms with E-state index in [9.17, 15) is 0 Å². The maximum atomic E-state index is 4.09. The smallest absolute Gasteiger partial charge is 0.0972 e. The quantitative estimate of drug-likeness (QED) is 0.625. The molecule has 3 heteroatoms. The largest absolute Gasteiger partial charge is 0.372 e. The summed E-state index contributed by atoms with van der Waals surface area (Å²) in [5, 5.41) is 3.25. The van der Waals surface area contributed by atoms with Crippen LogP contribution in [0.3, 0.4) is 0 Å². The predicted octanol–water partition coefficient (Wildman–Crippen LogP) is 3.14. The zero-order valence-electron chi connectivity index (χ0n) is 10.7. The molecule has 1 fully saturated rings. The Morgan fingerprint density at radius 2 is 1.76 bits per heavy atom. The Morgan fingerprint density at radius 3 is 2.35 bits per heavy atom. The lowest BCUT2D eigenvalue weighted by atomic mass is 10.1. The number of hydrogen-bond acceptors (Lipinski definition) is 2. The maximum Gasteiger partial charge on any atom is 0.0972 e. The molecule has 92 valence electrons. The third-order valence-electron chi connectivity index (χ3n) is 3.25. The SMILES string of the molecule is CN=C(C)Nc1ccc(N2CCCCC2)cc1. The Morgan fingerprint density at radius 1 is 1.12 bits per heavy atom. The highest BCUT2D eigenvalue weighted by molar-refractivity contribution is 5.93. The summed E-state index contributed by atoms with van der Waals surface area (Å²) >= 11 is 0. The van der Waals surface area contributed by atoms with E-state index in [1.165, 1.54) is 38.0 Å². The molecule has 0 spiro atoms. The van der Waals surface area contributed by atoms with Crippen LogP contribution in [-0.2, 0) is 0 Å². The highest BCUT2D eigenvalue weighted by Crippen LogP contribution is 2.21. The molecule has 2 rings (SSSR count). The number of aliphatic imine (C=N–C) groups is 1. The van der Waals surface area contributed by atoms with Crippen molar-refractivity contribution in [3.63, 3.8) is 0 Å². The molecule has 3 nitrogen and oxygen atoms in total. The molecule has 0 unspecified atom stereocenters. The first-order valence-corrected chi connectivity index (χ1v) is 6.35. The zero-order valence-corrected chi connectivity index (χ0v) is 10.7. The van der Waals surface area contributed by atoms with Crippen LogP contribution in [0.1, 0.15) is 26.2 Å². The first-order chi connectivity index (χ1) is 8.29. The maximum absolute atomic E-state index is 4.09. The van der Waals surface area contributed by atoms with Gasteiger partial charge in [0.1, 0.15) is 0 Å². The number of piperidine rings is 1. The number of rotatable bonds is 2. The summed E-state index contributed by atoms with van der Waals surface area (Å²) in [7, 11) is 1.80. The fraction of sp³-hybridized carbons (Fsp3) is 0.500. The van der Waals surface area contributed by atoms with Crippen molar-refractivity contribution < 1.29 is 0 Å². The van der Waals surface area contributed by atoms with Gasteiger partial charge in [-0.15, -0.1) is 0 Å². The Balaban J connectivity index is 2.01. The molecular weight excluding hydrogens is 210 g/mol. The average molecular weight is 231 g/mol. The molecule has 0 amide bonds. The van der Waals surface area contributed by atoms with Crippen molar-refractivity contribution in [1.82, 2.24) is 0 Å². The van der Waals surface area contributed by atoms with Gasteiger partial charge in [0.25, 0.3) is 0 Å². The molecule has 0 radical (unpaired) electrons. The normalized spacial score (nSPS) is 17.1. The van der Waals surface area contributed by atoms with Crippen LogP contribution in [0.5, 0.6) is 0 Å². The van der Waals surface area contributed by atoms with Crippen LogP contribution in [-0.4, -0.2) is 26.0 Å². The van der Waals surface area contributed by atoms with Gasteiger partial charge >= 0.3 is 0 Å². The van der Waals surface area contributed by atoms with E-state index in [0.29, 0.717) is 0 Å². The molecule has 1 saturated heterocycles. The highest BCUT2D eigenvalue weighted by atomic mass is 15.1. The van der Waals surface area contributed by atoms with Gasteiger partial charge in [0.05, 0.1) is 5.84 Å². The number of benzene rings is 1. The van der Waals surface area contributed by atoms with Gasteiger partial charge in [0.2, 0.25) is 0 Å². The second-order valence-electron chi connectivity index (χ2n) is 4.53. The molecule has 1 aliphatic rings. The van der Waals surface area contributed by atoms with Crippen molar-refractivity contribution in [3.05, 3.63) is 24.3 Å². The van der Waals surface area contributed by atoms with Gasteiger partial charge in [-0.25, -0.2) is 0 Å². The Labute approximate surface area is 104 Å². The summed E-state index contributed by atoms with van der Waals surface area (Å²) in [6.07, 6.45) is 4.02. The second kappa shape index (κ2) is 5.71. The van der Waals surface area contributed by atoms with E-state index < -0.39 is 0 Å². The summed E-state index contributed by atoms with van der Waals surface area (Å²) in [6, 6.07) is 8.63. The van der Waals surface area contributed by atoms with Gasteiger partial charge in [-0.1, -0.05) is 0 Å². The summed E-state index contributed by atoms with van der Waals surface area (Å²) < 4.78 is 0. The molecule has 0 atom stereocenters. The lowest BCUT2D eigenvalue weighted by Gasteiger charge is -2.28. The predicted molar refractivity (Wildman–Crippen MR) is 75.2 cm³/mol. The fourth-order valence-corrected chi connectivity index (χ4v) is 2.17. The number of nitrogens with one attached hydrogen (secondary N) is 1. The average Bonchev–Trinajstić information content (AvgIpc) is 2.40. The van der Waals surface area contributed by atoms with Crippen molar-refractivity contribution >= 4 is 17.2 Å². The van der Waals surface area contributed by atoms with Crippen molar-refractivity contribution in [2.24, 2.45) is 4.99 Å². The molecule has 17 heavy (non-hydrogen) atoms. The third kappa shape index (κ3) is 3.22. The van der Waals surface area contributed by atoms with Gasteiger partial charge in [-0.3, -0.25) is 4.99 Å². The number of anilines is 2. The lowest BCUT2D eigenvalue weighted by molar-refractivity contribution is 0.578. The fourth-order valence-electron chi connectivity index (χ4n) is 2.17. The number of nitrogens with zero attached hydrogens (tertiary/aromatic N) is 2. The lowest BCUT2D eigenvalue weighted by Crippen LogP contribution is -2.29. The second-order valence-corrected chi connectivity index (χ2v) is 4.53. The highest BCUT2D eigenvalue weighted by Gasteiger charge is 2.10. The van der Waals surface area contributed by atoms with Gasteiger partial charge in [-0.05, 0) is 50.5 Å². The first kappa shape index (κ1) is 12.0. The van der Waals surface area contributed by atoms with Crippen LogP contribution >= 0.6 is 0 Å². The summed E-state index contributed by atoms with van der Waals surface area (Å²) in [5.74, 6) is 0.940. The zero-order chi connectivity index (χ0) is 12.1. The van der Waals surface area contributed by atoms with Crippen LogP contribution in [0.4, 0.5) is 11.4 Å². The van der Waals surface area contributed by atoms with Crippen LogP contribution < -0.4 is 10.2 Å². The van der Waals surface area contributed by atoms with E-state index in [4.69, 9.17) is 0 Å². The van der Waals surface area contributed by atoms with Gasteiger partial charge in [0, 0.05) is 31.5 Å². The topological polar surface area (TPSA) is 27.6 Å². The summed E-state index contributed by atoms with van der Waals surface area (Å²) in [4.78, 5) is 6.56. The van der Waals surface area contributed by atoms with E-state index in [0.717, 1.165) is 11.5 Å². The van der Waals surface area contributed by atoms with E-state index in [-0.39, 0.29) is 0 Å². The Bertz CT molecular complexity index is 375. The Hall–Kier alpha value is -1.51. The molecule has 0 aliphatic carbocycles. The molecule has 0 aromatic heterocycles. The monoisotopic (exact) mass is 231 g/mol. The standard InChI is InChI=1S/C14H21N3/c1-12(15-2)16-13-6-8-14(9-7-13)17-10-4-3-5-11-17/h6-9H,3-5,10-11H2,1-2H3,(H,15,16). The van der Waals surface area contributed by atoms with Crippen LogP contribution in [0.2, 0.25) is 0 Å². The van der Waals surface area contributed by atoms with E-state index in [1.807, 2.05) is 6.92 Å². The van der Waals surface area contributed by atoms with Crippen LogP contribution in [0.15, 0.2) is 29.3 Å². The molecular formula is C14H21N3. The molecule has 0 saturated carbocycles. The number of amidine groups is 1. The minimum absolute atomic E-state index is 0.940. The molecule has 1 aliphatic heterocycles. The minimum atomic E-state index is 0.940. The van der Waals surface area contributed by atoms with Crippen molar-refractivity contribution in [3.8, 4) is 0 Å². The van der Waals surface area contributed by atoms with E-state index in [1.54, 1.807) is 7.05 Å². The van der Waals surface area contributed by atoms with E-state index >= 15 is 0 Å². The molecule has 0 bridgehead atoms. The Kier molecular flexibility index (Phi) is 4.02. The third-order valence-corrected chi connectivity index (χ3v) is 3.25. The van der Waals surface area contributed by atoms with Gasteiger partial charge in [-0.2, -0.15) is 0 Å². The first-order valence-electron chi connectivity index (χ1n) is 6.35. The molecule has 1 aromatic rings. The minimum Gasteiger partial charge on any atom is -0.372 e. The van der Waals surface area contributed by atoms with Crippen LogP contribution in [0, 0.1) is 0 Å². The molecule has 1 N–H and O–H groups in total. The van der Waals surface area contributed by atoms with Gasteiger partial charge in [0.15, 0.2) is 0 Å². The van der Waals surface area contributed by atoms with Crippen molar-refractivity contribution in [1.29, 1.82) is 0 Å². The van der Waals surface area contributed by atoms with Crippen molar-refractivity contribution in [2.75, 3.05) is 30.4 Å². The van der Waals surface area contributed by atoms with Gasteiger partial charge < -0.3 is 10.2 Å². The molecule has 1 heterocycles. The molecule has 1 aromatic carbocycles. The summed E-state index contributed by atoms with van der Waals surface area (Å²) in [6.45, 7) is 4.36. The summed E-state index contributed by atoms with van der Waals surface area (Å²) in [5.41, 5.74) is 2.44.